The molecule has 0 aliphatic carbocycles. The number of hydrogen-bond acceptors (Lipinski definition) is 5. The van der Waals surface area contributed by atoms with Gasteiger partial charge in [-0.25, -0.2) is 4.98 Å². The fourth-order valence-electron chi connectivity index (χ4n) is 3.61. The predicted octanol–water partition coefficient (Wildman–Crippen LogP) is 3.68. The van der Waals surface area contributed by atoms with Gasteiger partial charge in [0.25, 0.3) is 0 Å². The van der Waals surface area contributed by atoms with E-state index in [1.165, 1.54) is 5.56 Å². The smallest absolute Gasteiger partial charge is 0.242 e. The van der Waals surface area contributed by atoms with Crippen LogP contribution in [0, 0.1) is 13.8 Å². The van der Waals surface area contributed by atoms with E-state index in [2.05, 4.69) is 26.0 Å². The number of imidazole rings is 1. The third-order valence-electron chi connectivity index (χ3n) is 5.18. The second-order valence-corrected chi connectivity index (χ2v) is 8.49. The van der Waals surface area contributed by atoms with E-state index in [0.717, 1.165) is 33.3 Å². The Morgan fingerprint density at radius 2 is 1.97 bits per heavy atom. The van der Waals surface area contributed by atoms with Gasteiger partial charge in [-0.05, 0) is 37.6 Å². The maximum atomic E-state index is 12.8. The summed E-state index contributed by atoms with van der Waals surface area (Å²) in [5.74, 6) is 1.77. The summed E-state index contributed by atoms with van der Waals surface area (Å²) in [6.07, 6.45) is 0. The Balaban J connectivity index is 1.43. The molecule has 0 atom stereocenters. The van der Waals surface area contributed by atoms with Crippen molar-refractivity contribution in [1.29, 1.82) is 0 Å². The molecule has 3 aromatic rings. The summed E-state index contributed by atoms with van der Waals surface area (Å²) in [7, 11) is 0. The van der Waals surface area contributed by atoms with E-state index in [0.29, 0.717) is 39.5 Å². The molecule has 0 N–H and O–H groups in total. The highest BCUT2D eigenvalue weighted by molar-refractivity contribution is 7.99. The number of benzene rings is 2. The van der Waals surface area contributed by atoms with Gasteiger partial charge in [0, 0.05) is 18.8 Å². The molecule has 1 fully saturated rings. The lowest BCUT2D eigenvalue weighted by Crippen LogP contribution is -2.42. The SMILES string of the molecule is Cc1ccc(OCCSc2nc3ccccc3n2CC(=O)N2CCOCC2)c(C)c1. The van der Waals surface area contributed by atoms with Crippen molar-refractivity contribution >= 4 is 28.7 Å². The summed E-state index contributed by atoms with van der Waals surface area (Å²) < 4.78 is 13.3. The molecule has 1 aliphatic heterocycles. The molecule has 0 spiro atoms. The number of carbonyl (C=O) groups excluding carboxylic acids is 1. The number of carbonyl (C=O) groups is 1. The van der Waals surface area contributed by atoms with Crippen molar-refractivity contribution < 1.29 is 14.3 Å². The fourth-order valence-corrected chi connectivity index (χ4v) is 4.44. The number of morpholine rings is 1. The Hall–Kier alpha value is -2.51. The van der Waals surface area contributed by atoms with Crippen molar-refractivity contribution in [3.05, 3.63) is 53.6 Å². The number of thioether (sulfide) groups is 1. The number of amides is 1. The molecular formula is C23H27N3O3S. The van der Waals surface area contributed by atoms with E-state index in [9.17, 15) is 4.79 Å². The van der Waals surface area contributed by atoms with Crippen molar-refractivity contribution in [3.63, 3.8) is 0 Å². The van der Waals surface area contributed by atoms with Crippen molar-refractivity contribution in [3.8, 4) is 5.75 Å². The second kappa shape index (κ2) is 9.53. The highest BCUT2D eigenvalue weighted by atomic mass is 32.2. The number of ether oxygens (including phenoxy) is 2. The number of nitrogens with zero attached hydrogens (tertiary/aromatic N) is 3. The van der Waals surface area contributed by atoms with Gasteiger partial charge in [0.15, 0.2) is 5.16 Å². The van der Waals surface area contributed by atoms with Crippen molar-refractivity contribution in [2.24, 2.45) is 0 Å². The zero-order valence-electron chi connectivity index (χ0n) is 17.5. The number of aryl methyl sites for hydroxylation is 2. The maximum Gasteiger partial charge on any atom is 0.242 e. The van der Waals surface area contributed by atoms with Gasteiger partial charge >= 0.3 is 0 Å². The second-order valence-electron chi connectivity index (χ2n) is 7.43. The molecule has 1 amide bonds. The minimum atomic E-state index is 0.106. The Bertz CT molecular complexity index is 1030. The van der Waals surface area contributed by atoms with Crippen LogP contribution in [-0.2, 0) is 16.1 Å². The first-order chi connectivity index (χ1) is 14.6. The number of hydrogen-bond donors (Lipinski definition) is 0. The number of aromatic nitrogens is 2. The lowest BCUT2D eigenvalue weighted by molar-refractivity contribution is -0.135. The van der Waals surface area contributed by atoms with Crippen molar-refractivity contribution in [2.75, 3.05) is 38.7 Å². The summed E-state index contributed by atoms with van der Waals surface area (Å²) in [6.45, 7) is 7.52. The first-order valence-electron chi connectivity index (χ1n) is 10.3. The summed E-state index contributed by atoms with van der Waals surface area (Å²) >= 11 is 1.62. The van der Waals surface area contributed by atoms with Crippen molar-refractivity contribution in [2.45, 2.75) is 25.5 Å². The van der Waals surface area contributed by atoms with Crippen LogP contribution in [0.1, 0.15) is 11.1 Å². The molecule has 2 aromatic carbocycles. The quantitative estimate of drug-likeness (QED) is 0.427. The Kier molecular flexibility index (Phi) is 6.59. The van der Waals surface area contributed by atoms with Crippen LogP contribution >= 0.6 is 11.8 Å². The van der Waals surface area contributed by atoms with E-state index < -0.39 is 0 Å². The third kappa shape index (κ3) is 4.79. The van der Waals surface area contributed by atoms with E-state index in [4.69, 9.17) is 14.5 Å². The number of fused-ring (bicyclic) bond motifs is 1. The normalized spacial score (nSPS) is 14.3. The first-order valence-corrected chi connectivity index (χ1v) is 11.2. The van der Waals surface area contributed by atoms with Crippen LogP contribution in [0.15, 0.2) is 47.6 Å². The van der Waals surface area contributed by atoms with Crippen LogP contribution < -0.4 is 4.74 Å². The monoisotopic (exact) mass is 425 g/mol. The predicted molar refractivity (Wildman–Crippen MR) is 119 cm³/mol. The highest BCUT2D eigenvalue weighted by Crippen LogP contribution is 2.25. The van der Waals surface area contributed by atoms with Gasteiger partial charge in [-0.1, -0.05) is 41.6 Å². The Morgan fingerprint density at radius 1 is 1.17 bits per heavy atom. The number of para-hydroxylation sites is 2. The largest absolute Gasteiger partial charge is 0.492 e. The van der Waals surface area contributed by atoms with Gasteiger partial charge in [0.1, 0.15) is 12.3 Å². The average Bonchev–Trinajstić information content (AvgIpc) is 3.10. The van der Waals surface area contributed by atoms with Gasteiger partial charge < -0.3 is 18.9 Å². The van der Waals surface area contributed by atoms with E-state index in [1.54, 1.807) is 11.8 Å². The molecule has 1 aromatic heterocycles. The molecule has 7 heteroatoms. The molecule has 4 rings (SSSR count). The van der Waals surface area contributed by atoms with Crippen LogP contribution in [0.5, 0.6) is 5.75 Å². The summed E-state index contributed by atoms with van der Waals surface area (Å²) in [5, 5.41) is 0.849. The molecule has 6 nitrogen and oxygen atoms in total. The van der Waals surface area contributed by atoms with E-state index in [1.807, 2.05) is 39.8 Å². The summed E-state index contributed by atoms with van der Waals surface area (Å²) in [4.78, 5) is 19.5. The minimum absolute atomic E-state index is 0.106. The molecule has 158 valence electrons. The molecule has 30 heavy (non-hydrogen) atoms. The fraction of sp³-hybridized carbons (Fsp3) is 0.391. The lowest BCUT2D eigenvalue weighted by atomic mass is 10.1. The minimum Gasteiger partial charge on any atom is -0.492 e. The summed E-state index contributed by atoms with van der Waals surface area (Å²) in [5.41, 5.74) is 4.26. The standard InChI is InChI=1S/C23H27N3O3S/c1-17-7-8-21(18(2)15-17)29-13-14-30-23-24-19-5-3-4-6-20(19)26(23)16-22(27)25-9-11-28-12-10-25/h3-8,15H,9-14,16H2,1-2H3. The number of rotatable bonds is 7. The zero-order chi connectivity index (χ0) is 20.9. The molecule has 1 saturated heterocycles. The van der Waals surface area contributed by atoms with Crippen LogP contribution in [0.3, 0.4) is 0 Å². The molecule has 0 bridgehead atoms. The average molecular weight is 426 g/mol. The zero-order valence-corrected chi connectivity index (χ0v) is 18.3. The van der Waals surface area contributed by atoms with Crippen LogP contribution in [0.2, 0.25) is 0 Å². The van der Waals surface area contributed by atoms with Gasteiger partial charge in [0.2, 0.25) is 5.91 Å². The van der Waals surface area contributed by atoms with E-state index >= 15 is 0 Å². The molecule has 0 saturated carbocycles. The van der Waals surface area contributed by atoms with E-state index in [-0.39, 0.29) is 5.91 Å². The molecule has 1 aliphatic rings. The molecule has 0 radical (unpaired) electrons. The lowest BCUT2D eigenvalue weighted by Gasteiger charge is -2.27. The van der Waals surface area contributed by atoms with Crippen LogP contribution in [-0.4, -0.2) is 59.0 Å². The maximum absolute atomic E-state index is 12.8. The van der Waals surface area contributed by atoms with Gasteiger partial charge in [-0.3, -0.25) is 4.79 Å². The van der Waals surface area contributed by atoms with Gasteiger partial charge in [0.05, 0.1) is 30.9 Å². The third-order valence-corrected chi connectivity index (χ3v) is 6.12. The highest BCUT2D eigenvalue weighted by Gasteiger charge is 2.20. The first kappa shape index (κ1) is 20.8. The molecular weight excluding hydrogens is 398 g/mol. The Morgan fingerprint density at radius 3 is 2.77 bits per heavy atom. The Labute approximate surface area is 181 Å². The van der Waals surface area contributed by atoms with Gasteiger partial charge in [-0.15, -0.1) is 0 Å². The topological polar surface area (TPSA) is 56.6 Å². The molecule has 0 unspecified atom stereocenters. The summed E-state index contributed by atoms with van der Waals surface area (Å²) in [6, 6.07) is 14.2. The van der Waals surface area contributed by atoms with Crippen molar-refractivity contribution in [1.82, 2.24) is 14.5 Å². The molecule has 2 heterocycles. The van der Waals surface area contributed by atoms with Gasteiger partial charge in [-0.2, -0.15) is 0 Å². The van der Waals surface area contributed by atoms with Crippen LogP contribution in [0.25, 0.3) is 11.0 Å². The van der Waals surface area contributed by atoms with Crippen LogP contribution in [0.4, 0.5) is 0 Å².